The lowest BCUT2D eigenvalue weighted by Crippen LogP contribution is -2.22. The van der Waals surface area contributed by atoms with Gasteiger partial charge >= 0.3 is 0 Å². The first-order valence-corrected chi connectivity index (χ1v) is 6.26. The molecule has 7 nitrogen and oxygen atoms in total. The lowest BCUT2D eigenvalue weighted by Gasteiger charge is -2.09. The van der Waals surface area contributed by atoms with Gasteiger partial charge in [0.1, 0.15) is 6.33 Å². The molecule has 0 unspecified atom stereocenters. The van der Waals surface area contributed by atoms with Crippen molar-refractivity contribution in [2.24, 2.45) is 12.2 Å². The average Bonchev–Trinajstić information content (AvgIpc) is 2.63. The molecule has 90 valence electrons. The Hall–Kier alpha value is -1.93. The second kappa shape index (κ2) is 4.15. The molecule has 0 bridgehead atoms. The maximum atomic E-state index is 11.0. The lowest BCUT2D eigenvalue weighted by molar-refractivity contribution is 0.603. The fourth-order valence-electron chi connectivity index (χ4n) is 1.45. The van der Waals surface area contributed by atoms with E-state index in [1.54, 1.807) is 35.9 Å². The fraction of sp³-hybridized carbons (Fsp3) is 0.111. The van der Waals surface area contributed by atoms with Crippen LogP contribution < -0.4 is 9.86 Å². The van der Waals surface area contributed by atoms with Gasteiger partial charge in [-0.3, -0.25) is 4.72 Å². The Balaban J connectivity index is 2.52. The summed E-state index contributed by atoms with van der Waals surface area (Å²) in [5.41, 5.74) is 0.979. The van der Waals surface area contributed by atoms with Crippen LogP contribution in [0, 0.1) is 0 Å². The van der Waals surface area contributed by atoms with E-state index in [4.69, 9.17) is 5.14 Å². The first-order valence-electron chi connectivity index (χ1n) is 4.71. The zero-order valence-corrected chi connectivity index (χ0v) is 9.85. The number of nitrogens with zero attached hydrogens (tertiary/aromatic N) is 3. The third-order valence-corrected chi connectivity index (χ3v) is 2.64. The van der Waals surface area contributed by atoms with Crippen molar-refractivity contribution >= 4 is 15.9 Å². The summed E-state index contributed by atoms with van der Waals surface area (Å²) < 4.78 is 26.0. The molecular formula is C9H11N5O2S. The smallest absolute Gasteiger partial charge is 0.296 e. The highest BCUT2D eigenvalue weighted by Crippen LogP contribution is 2.25. The van der Waals surface area contributed by atoms with Gasteiger partial charge in [-0.05, 0) is 12.1 Å². The number of benzene rings is 1. The molecule has 1 heterocycles. The normalized spacial score (nSPS) is 11.4. The minimum absolute atomic E-state index is 0.367. The van der Waals surface area contributed by atoms with E-state index in [1.807, 2.05) is 0 Å². The van der Waals surface area contributed by atoms with Gasteiger partial charge in [-0.1, -0.05) is 12.1 Å². The second-order valence-electron chi connectivity index (χ2n) is 3.46. The molecule has 1 aromatic carbocycles. The van der Waals surface area contributed by atoms with Crippen molar-refractivity contribution in [1.29, 1.82) is 0 Å². The minimum Gasteiger partial charge on any atom is -0.317 e. The average molecular weight is 253 g/mol. The van der Waals surface area contributed by atoms with Crippen LogP contribution in [0.15, 0.2) is 30.6 Å². The Bertz CT molecular complexity index is 634. The largest absolute Gasteiger partial charge is 0.317 e. The second-order valence-corrected chi connectivity index (χ2v) is 4.75. The predicted molar refractivity (Wildman–Crippen MR) is 63.2 cm³/mol. The van der Waals surface area contributed by atoms with Gasteiger partial charge in [0.05, 0.1) is 5.69 Å². The number of aromatic nitrogens is 3. The summed E-state index contributed by atoms with van der Waals surface area (Å²) in [6.07, 6.45) is 1.53. The molecule has 3 N–H and O–H groups in total. The quantitative estimate of drug-likeness (QED) is 0.809. The number of hydrogen-bond acceptors (Lipinski definition) is 4. The molecule has 0 atom stereocenters. The first-order chi connectivity index (χ1) is 7.97. The molecule has 8 heteroatoms. The van der Waals surface area contributed by atoms with E-state index in [1.165, 1.54) is 6.33 Å². The van der Waals surface area contributed by atoms with E-state index in [0.717, 1.165) is 0 Å². The molecule has 0 aliphatic heterocycles. The molecule has 0 aliphatic carbocycles. The molecule has 0 aliphatic rings. The van der Waals surface area contributed by atoms with Crippen molar-refractivity contribution in [1.82, 2.24) is 14.8 Å². The van der Waals surface area contributed by atoms with Crippen molar-refractivity contribution in [3.63, 3.8) is 0 Å². The van der Waals surface area contributed by atoms with Gasteiger partial charge < -0.3 is 4.57 Å². The predicted octanol–water partition coefficient (Wildman–Crippen LogP) is 0.0975. The monoisotopic (exact) mass is 253 g/mol. The Morgan fingerprint density at radius 1 is 1.35 bits per heavy atom. The standard InChI is InChI=1S/C9H11N5O2S/c1-14-6-11-12-9(14)7-4-2-3-5-8(7)13-17(10,15)16/h2-6,13H,1H3,(H2,10,15,16). The van der Waals surface area contributed by atoms with Crippen LogP contribution in [-0.4, -0.2) is 23.2 Å². The van der Waals surface area contributed by atoms with Gasteiger partial charge in [0.15, 0.2) is 5.82 Å². The van der Waals surface area contributed by atoms with Crippen LogP contribution in [0.4, 0.5) is 5.69 Å². The highest BCUT2D eigenvalue weighted by atomic mass is 32.2. The summed E-state index contributed by atoms with van der Waals surface area (Å²) in [4.78, 5) is 0. The molecule has 0 fully saturated rings. The van der Waals surface area contributed by atoms with Crippen molar-refractivity contribution < 1.29 is 8.42 Å². The molecule has 0 amide bonds. The van der Waals surface area contributed by atoms with Gasteiger partial charge in [0, 0.05) is 12.6 Å². The number of anilines is 1. The molecule has 2 rings (SSSR count). The maximum Gasteiger partial charge on any atom is 0.296 e. The maximum absolute atomic E-state index is 11.0. The third kappa shape index (κ3) is 2.60. The van der Waals surface area contributed by atoms with Gasteiger partial charge in [-0.25, -0.2) is 5.14 Å². The Morgan fingerprint density at radius 2 is 2.06 bits per heavy atom. The third-order valence-electron chi connectivity index (χ3n) is 2.13. The van der Waals surface area contributed by atoms with Crippen molar-refractivity contribution in [3.05, 3.63) is 30.6 Å². The van der Waals surface area contributed by atoms with Crippen LogP contribution in [0.1, 0.15) is 0 Å². The van der Waals surface area contributed by atoms with Crippen LogP contribution in [0.2, 0.25) is 0 Å². The SMILES string of the molecule is Cn1cnnc1-c1ccccc1NS(N)(=O)=O. The minimum atomic E-state index is -3.81. The van der Waals surface area contributed by atoms with E-state index < -0.39 is 10.2 Å². The molecule has 1 aromatic heterocycles. The van der Waals surface area contributed by atoms with Crippen molar-refractivity contribution in [2.75, 3.05) is 4.72 Å². The summed E-state index contributed by atoms with van der Waals surface area (Å²) in [5.74, 6) is 0.553. The number of aryl methyl sites for hydroxylation is 1. The van der Waals surface area contributed by atoms with Crippen molar-refractivity contribution in [2.45, 2.75) is 0 Å². The molecule has 0 saturated carbocycles. The van der Waals surface area contributed by atoms with Crippen LogP contribution in [-0.2, 0) is 17.3 Å². The summed E-state index contributed by atoms with van der Waals surface area (Å²) in [6.45, 7) is 0. The number of hydrogen-bond donors (Lipinski definition) is 2. The Morgan fingerprint density at radius 3 is 2.65 bits per heavy atom. The molecular weight excluding hydrogens is 242 g/mol. The fourth-order valence-corrected chi connectivity index (χ4v) is 1.93. The lowest BCUT2D eigenvalue weighted by atomic mass is 10.2. The van der Waals surface area contributed by atoms with Gasteiger partial charge in [0.25, 0.3) is 10.2 Å². The number of para-hydroxylation sites is 1. The van der Waals surface area contributed by atoms with Crippen LogP contribution >= 0.6 is 0 Å². The highest BCUT2D eigenvalue weighted by Gasteiger charge is 2.12. The van der Waals surface area contributed by atoms with E-state index in [-0.39, 0.29) is 0 Å². The van der Waals surface area contributed by atoms with E-state index in [0.29, 0.717) is 17.1 Å². The van der Waals surface area contributed by atoms with Crippen LogP contribution in [0.3, 0.4) is 0 Å². The van der Waals surface area contributed by atoms with Crippen LogP contribution in [0.25, 0.3) is 11.4 Å². The number of nitrogens with two attached hydrogens (primary N) is 1. The van der Waals surface area contributed by atoms with Crippen LogP contribution in [0.5, 0.6) is 0 Å². The van der Waals surface area contributed by atoms with Gasteiger partial charge in [0.2, 0.25) is 0 Å². The Labute approximate surface area is 98.5 Å². The van der Waals surface area contributed by atoms with Crippen molar-refractivity contribution in [3.8, 4) is 11.4 Å². The molecule has 0 saturated heterocycles. The summed E-state index contributed by atoms with van der Waals surface area (Å²) >= 11 is 0. The van der Waals surface area contributed by atoms with E-state index >= 15 is 0 Å². The summed E-state index contributed by atoms with van der Waals surface area (Å²) in [7, 11) is -2.04. The summed E-state index contributed by atoms with van der Waals surface area (Å²) in [5, 5.41) is 12.6. The molecule has 17 heavy (non-hydrogen) atoms. The zero-order valence-electron chi connectivity index (χ0n) is 9.03. The van der Waals surface area contributed by atoms with E-state index in [9.17, 15) is 8.42 Å². The van der Waals surface area contributed by atoms with Gasteiger partial charge in [-0.2, -0.15) is 8.42 Å². The number of nitrogens with one attached hydrogen (secondary N) is 1. The van der Waals surface area contributed by atoms with Gasteiger partial charge in [-0.15, -0.1) is 10.2 Å². The summed E-state index contributed by atoms with van der Waals surface area (Å²) in [6, 6.07) is 6.82. The number of rotatable bonds is 3. The topological polar surface area (TPSA) is 103 Å². The first kappa shape index (κ1) is 11.6. The Kier molecular flexibility index (Phi) is 2.82. The highest BCUT2D eigenvalue weighted by molar-refractivity contribution is 7.90. The zero-order chi connectivity index (χ0) is 12.5. The molecule has 2 aromatic rings. The molecule has 0 radical (unpaired) electrons. The van der Waals surface area contributed by atoms with E-state index in [2.05, 4.69) is 14.9 Å². The molecule has 0 spiro atoms.